The van der Waals surface area contributed by atoms with Gasteiger partial charge in [0.25, 0.3) is 6.29 Å². The lowest BCUT2D eigenvalue weighted by molar-refractivity contribution is -0.169. The highest BCUT2D eigenvalue weighted by atomic mass is 16.8. The molecule has 1 fully saturated rings. The Balaban J connectivity index is 1.89. The second-order valence-corrected chi connectivity index (χ2v) is 4.69. The average Bonchev–Trinajstić information content (AvgIpc) is 2.96. The fraction of sp³-hybridized carbons (Fsp3) is 0.455. The van der Waals surface area contributed by atoms with Crippen molar-refractivity contribution in [2.45, 2.75) is 24.6 Å². The van der Waals surface area contributed by atoms with Gasteiger partial charge in [-0.2, -0.15) is 0 Å². The molecule has 2 aromatic rings. The molecule has 7 N–H and O–H groups in total. The first kappa shape index (κ1) is 13.8. The maximum Gasteiger partial charge on any atom is 0.254 e. The molecule has 3 heterocycles. The summed E-state index contributed by atoms with van der Waals surface area (Å²) < 4.78 is 6.35. The Hall–Kier alpha value is -2.14. The molecular weight excluding hydrogens is 282 g/mol. The third-order valence-corrected chi connectivity index (χ3v) is 3.24. The summed E-state index contributed by atoms with van der Waals surface area (Å²) in [5.41, 5.74) is 12.4. The van der Waals surface area contributed by atoms with E-state index in [1.54, 1.807) is 0 Å². The minimum atomic E-state index is -1.32. The highest BCUT2D eigenvalue weighted by Crippen LogP contribution is 2.23. The Labute approximate surface area is 118 Å². The number of aliphatic hydroxyl groups excluding tert-OH is 3. The number of aliphatic hydroxyl groups is 3. The maximum atomic E-state index is 9.82. The minimum Gasteiger partial charge on any atom is -0.397 e. The van der Waals surface area contributed by atoms with E-state index in [1.165, 1.54) is 12.4 Å². The third-order valence-electron chi connectivity index (χ3n) is 3.24. The zero-order valence-corrected chi connectivity index (χ0v) is 10.8. The smallest absolute Gasteiger partial charge is 0.254 e. The maximum absolute atomic E-state index is 9.82. The van der Waals surface area contributed by atoms with Crippen LogP contribution in [0.3, 0.4) is 0 Å². The molecule has 21 heavy (non-hydrogen) atoms. The molecule has 114 valence electrons. The average molecular weight is 297 g/mol. The van der Waals surface area contributed by atoms with Gasteiger partial charge in [0.05, 0.1) is 12.3 Å². The van der Waals surface area contributed by atoms with Crippen molar-refractivity contribution in [1.82, 2.24) is 14.7 Å². The Bertz CT molecular complexity index is 662. The number of fused-ring (bicyclic) bond motifs is 1. The van der Waals surface area contributed by atoms with Crippen LogP contribution in [0.2, 0.25) is 0 Å². The number of rotatable bonds is 3. The summed E-state index contributed by atoms with van der Waals surface area (Å²) in [4.78, 5) is 13.5. The van der Waals surface area contributed by atoms with Gasteiger partial charge < -0.3 is 36.4 Å². The number of pyridine rings is 1. The van der Waals surface area contributed by atoms with E-state index in [9.17, 15) is 10.2 Å². The van der Waals surface area contributed by atoms with E-state index >= 15 is 0 Å². The molecule has 10 nitrogen and oxygen atoms in total. The lowest BCUT2D eigenvalue weighted by atomic mass is 10.1. The summed E-state index contributed by atoms with van der Waals surface area (Å²) in [5, 5.41) is 28.5. The van der Waals surface area contributed by atoms with Crippen molar-refractivity contribution in [3.63, 3.8) is 0 Å². The van der Waals surface area contributed by atoms with Gasteiger partial charge in [0.1, 0.15) is 36.0 Å². The van der Waals surface area contributed by atoms with Crippen LogP contribution in [-0.4, -0.2) is 61.2 Å². The second-order valence-electron chi connectivity index (χ2n) is 4.69. The van der Waals surface area contributed by atoms with Crippen molar-refractivity contribution in [3.05, 3.63) is 12.4 Å². The van der Waals surface area contributed by atoms with Crippen molar-refractivity contribution < 1.29 is 24.9 Å². The molecule has 2 aromatic heterocycles. The Morgan fingerprint density at radius 1 is 1.33 bits per heavy atom. The quantitative estimate of drug-likeness (QED) is 0.411. The fourth-order valence-electron chi connectivity index (χ4n) is 2.16. The number of hydrogen-bond donors (Lipinski definition) is 5. The van der Waals surface area contributed by atoms with Gasteiger partial charge >= 0.3 is 0 Å². The van der Waals surface area contributed by atoms with Gasteiger partial charge in [0.15, 0.2) is 5.65 Å². The normalized spacial score (nSPS) is 29.1. The highest BCUT2D eigenvalue weighted by Gasteiger charge is 2.44. The summed E-state index contributed by atoms with van der Waals surface area (Å²) >= 11 is 0. The number of hydrogen-bond acceptors (Lipinski definition) is 9. The van der Waals surface area contributed by atoms with E-state index in [1.807, 2.05) is 0 Å². The van der Waals surface area contributed by atoms with Crippen LogP contribution in [0.25, 0.3) is 11.2 Å². The first-order chi connectivity index (χ1) is 10.0. The number of nitrogen functional groups attached to an aromatic ring is 2. The van der Waals surface area contributed by atoms with Crippen molar-refractivity contribution >= 4 is 22.7 Å². The monoisotopic (exact) mass is 297 g/mol. The van der Waals surface area contributed by atoms with Crippen LogP contribution in [0.4, 0.5) is 11.5 Å². The number of nitrogens with two attached hydrogens (primary N) is 2. The van der Waals surface area contributed by atoms with E-state index in [-0.39, 0.29) is 11.5 Å². The molecule has 0 aliphatic carbocycles. The molecule has 0 amide bonds. The number of imidazole rings is 1. The van der Waals surface area contributed by atoms with Crippen LogP contribution < -0.4 is 16.3 Å². The van der Waals surface area contributed by atoms with Crippen LogP contribution in [0.5, 0.6) is 0 Å². The molecule has 0 saturated carbocycles. The first-order valence-electron chi connectivity index (χ1n) is 6.20. The van der Waals surface area contributed by atoms with E-state index in [2.05, 4.69) is 9.97 Å². The van der Waals surface area contributed by atoms with Gasteiger partial charge in [-0.1, -0.05) is 0 Å². The van der Waals surface area contributed by atoms with Gasteiger partial charge in [-0.05, 0) is 0 Å². The molecule has 0 radical (unpaired) electrons. The van der Waals surface area contributed by atoms with Crippen LogP contribution in [0, 0.1) is 0 Å². The molecule has 0 bridgehead atoms. The Kier molecular flexibility index (Phi) is 3.29. The first-order valence-corrected chi connectivity index (χ1v) is 6.20. The summed E-state index contributed by atoms with van der Waals surface area (Å²) in [6.45, 7) is -0.444. The van der Waals surface area contributed by atoms with Gasteiger partial charge in [-0.25, -0.2) is 9.97 Å². The standard InChI is InChI=1S/C11H15N5O5/c12-4-1-6(13)15-10-7(4)14-3-16(10)21-11-9(19)8(18)5(2-17)20-11/h1,3,5,8-9,11,17-19H,2H2,(H4,12,13,15). The predicted molar refractivity (Wildman–Crippen MR) is 70.7 cm³/mol. The van der Waals surface area contributed by atoms with E-state index in [0.717, 1.165) is 4.73 Å². The number of nitrogens with zero attached hydrogens (tertiary/aromatic N) is 3. The largest absolute Gasteiger partial charge is 0.397 e. The summed E-state index contributed by atoms with van der Waals surface area (Å²) in [6.07, 6.45) is -3.39. The van der Waals surface area contributed by atoms with Crippen molar-refractivity contribution in [2.24, 2.45) is 0 Å². The highest BCUT2D eigenvalue weighted by molar-refractivity contribution is 5.85. The van der Waals surface area contributed by atoms with Crippen molar-refractivity contribution in [3.8, 4) is 0 Å². The van der Waals surface area contributed by atoms with Crippen LogP contribution in [0.1, 0.15) is 0 Å². The topological polar surface area (TPSA) is 162 Å². The zero-order chi connectivity index (χ0) is 15.1. The number of ether oxygens (including phenoxy) is 1. The van der Waals surface area contributed by atoms with Crippen molar-refractivity contribution in [1.29, 1.82) is 0 Å². The SMILES string of the molecule is Nc1cc(N)c2ncn(OC3OC(CO)C(O)C3O)c2n1. The fourth-order valence-corrected chi connectivity index (χ4v) is 2.16. The van der Waals surface area contributed by atoms with Crippen LogP contribution in [0.15, 0.2) is 12.4 Å². The molecule has 3 rings (SSSR count). The molecule has 1 saturated heterocycles. The van der Waals surface area contributed by atoms with E-state index in [4.69, 9.17) is 26.1 Å². The molecule has 4 unspecified atom stereocenters. The number of anilines is 2. The molecule has 10 heteroatoms. The summed E-state index contributed by atoms with van der Waals surface area (Å²) in [6, 6.07) is 1.46. The lowest BCUT2D eigenvalue weighted by Crippen LogP contribution is -2.38. The van der Waals surface area contributed by atoms with Gasteiger partial charge in [0.2, 0.25) is 0 Å². The molecular formula is C11H15N5O5. The molecule has 1 aliphatic heterocycles. The zero-order valence-electron chi connectivity index (χ0n) is 10.8. The van der Waals surface area contributed by atoms with Gasteiger partial charge in [-0.3, -0.25) is 0 Å². The molecule has 1 aliphatic rings. The molecule has 0 aromatic carbocycles. The summed E-state index contributed by atoms with van der Waals surface area (Å²) in [5.74, 6) is 0.187. The summed E-state index contributed by atoms with van der Waals surface area (Å²) in [7, 11) is 0. The second kappa shape index (κ2) is 5.00. The van der Waals surface area contributed by atoms with E-state index in [0.29, 0.717) is 11.2 Å². The minimum absolute atomic E-state index is 0.187. The van der Waals surface area contributed by atoms with Crippen molar-refractivity contribution in [2.75, 3.05) is 18.1 Å². The molecule has 0 spiro atoms. The van der Waals surface area contributed by atoms with Crippen LogP contribution in [-0.2, 0) is 4.74 Å². The van der Waals surface area contributed by atoms with Gasteiger partial charge in [-0.15, -0.1) is 4.73 Å². The predicted octanol–water partition coefficient (Wildman–Crippen LogP) is -2.54. The van der Waals surface area contributed by atoms with Crippen LogP contribution >= 0.6 is 0 Å². The van der Waals surface area contributed by atoms with E-state index < -0.39 is 31.2 Å². The Morgan fingerprint density at radius 2 is 2.10 bits per heavy atom. The third kappa shape index (κ3) is 2.23. The Morgan fingerprint density at radius 3 is 2.76 bits per heavy atom. The molecule has 4 atom stereocenters. The number of aromatic nitrogens is 3. The lowest BCUT2D eigenvalue weighted by Gasteiger charge is -2.16. The van der Waals surface area contributed by atoms with Gasteiger partial charge in [0, 0.05) is 6.07 Å².